The smallest absolute Gasteiger partial charge is 0.285 e. The first-order valence-electron chi connectivity index (χ1n) is 3.95. The molecule has 0 saturated heterocycles. The first kappa shape index (κ1) is 11.4. The van der Waals surface area contributed by atoms with Crippen LogP contribution < -0.4 is 0 Å². The van der Waals surface area contributed by atoms with E-state index < -0.39 is 17.8 Å². The highest BCUT2D eigenvalue weighted by Gasteiger charge is 2.36. The summed E-state index contributed by atoms with van der Waals surface area (Å²) in [5.41, 5.74) is -0.0601. The number of halogens is 4. The Kier molecular flexibility index (Phi) is 3.24. The van der Waals surface area contributed by atoms with Crippen molar-refractivity contribution in [1.82, 2.24) is 0 Å². The molecule has 1 nitrogen and oxygen atoms in total. The molecule has 0 aliphatic rings. The van der Waals surface area contributed by atoms with Gasteiger partial charge in [0.2, 0.25) is 0 Å². The van der Waals surface area contributed by atoms with Crippen molar-refractivity contribution in [3.8, 4) is 0 Å². The highest BCUT2D eigenvalue weighted by Crippen LogP contribution is 2.21. The van der Waals surface area contributed by atoms with Crippen LogP contribution in [0.2, 0.25) is 0 Å². The number of alkyl halides is 3. The van der Waals surface area contributed by atoms with Crippen LogP contribution in [0.1, 0.15) is 5.56 Å². The summed E-state index contributed by atoms with van der Waals surface area (Å²) in [5, 5.41) is 0. The molecule has 0 aromatic heterocycles. The third-order valence-electron chi connectivity index (χ3n) is 1.59. The van der Waals surface area contributed by atoms with Gasteiger partial charge in [-0.15, -0.1) is 0 Å². The molecule has 0 amide bonds. The minimum Gasteiger partial charge on any atom is -0.285 e. The van der Waals surface area contributed by atoms with E-state index in [0.717, 1.165) is 0 Å². The van der Waals surface area contributed by atoms with Crippen molar-refractivity contribution >= 4 is 11.6 Å². The highest BCUT2D eigenvalue weighted by atomic mass is 19.4. The number of benzene rings is 1. The zero-order chi connectivity index (χ0) is 11.5. The summed E-state index contributed by atoms with van der Waals surface area (Å²) in [5.74, 6) is -3.40. The van der Waals surface area contributed by atoms with Gasteiger partial charge in [0.15, 0.2) is 0 Å². The van der Waals surface area contributed by atoms with Crippen molar-refractivity contribution in [1.29, 1.82) is 0 Å². The Balaban J connectivity index is 2.91. The van der Waals surface area contributed by atoms with Gasteiger partial charge in [0.1, 0.15) is 5.83 Å². The number of hydrogen-bond acceptors (Lipinski definition) is 1. The van der Waals surface area contributed by atoms with Gasteiger partial charge in [0.05, 0.1) is 0 Å². The van der Waals surface area contributed by atoms with Gasteiger partial charge in [-0.1, -0.05) is 30.3 Å². The van der Waals surface area contributed by atoms with Crippen LogP contribution in [-0.4, -0.2) is 12.0 Å². The van der Waals surface area contributed by atoms with Crippen LogP contribution in [0.5, 0.6) is 0 Å². The van der Waals surface area contributed by atoms with E-state index in [0.29, 0.717) is 0 Å². The number of ketones is 1. The lowest BCUT2D eigenvalue weighted by Crippen LogP contribution is -2.20. The summed E-state index contributed by atoms with van der Waals surface area (Å²) < 4.78 is 48.3. The predicted octanol–water partition coefficient (Wildman–Crippen LogP) is 3.13. The van der Waals surface area contributed by atoms with E-state index in [-0.39, 0.29) is 11.6 Å². The Morgan fingerprint density at radius 1 is 1.13 bits per heavy atom. The first-order chi connectivity index (χ1) is 6.91. The van der Waals surface area contributed by atoms with Gasteiger partial charge in [0, 0.05) is 11.6 Å². The highest BCUT2D eigenvalue weighted by molar-refractivity contribution is 5.99. The molecule has 0 atom stereocenters. The van der Waals surface area contributed by atoms with Crippen molar-refractivity contribution < 1.29 is 22.4 Å². The Labute approximate surface area is 83.0 Å². The van der Waals surface area contributed by atoms with Gasteiger partial charge in [-0.25, -0.2) is 4.39 Å². The maximum Gasteiger partial charge on any atom is 0.454 e. The Hall–Kier alpha value is -1.65. The van der Waals surface area contributed by atoms with E-state index in [9.17, 15) is 22.4 Å². The summed E-state index contributed by atoms with van der Waals surface area (Å²) in [7, 11) is 0. The molecule has 0 fully saturated rings. The molecule has 0 spiro atoms. The van der Waals surface area contributed by atoms with E-state index in [2.05, 4.69) is 0 Å². The topological polar surface area (TPSA) is 17.1 Å². The third kappa shape index (κ3) is 3.19. The van der Waals surface area contributed by atoms with E-state index in [1.54, 1.807) is 6.07 Å². The summed E-state index contributed by atoms with van der Waals surface area (Å²) >= 11 is 0. The third-order valence-corrected chi connectivity index (χ3v) is 1.59. The average molecular weight is 218 g/mol. The molecule has 0 heterocycles. The number of hydrogen-bond donors (Lipinski definition) is 0. The lowest BCUT2D eigenvalue weighted by Gasteiger charge is -2.01. The van der Waals surface area contributed by atoms with Crippen molar-refractivity contribution in [2.75, 3.05) is 0 Å². The lowest BCUT2D eigenvalue weighted by atomic mass is 10.2. The molecule has 0 bridgehead atoms. The Bertz CT molecular complexity index is 378. The lowest BCUT2D eigenvalue weighted by molar-refractivity contribution is -0.165. The van der Waals surface area contributed by atoms with E-state index in [4.69, 9.17) is 0 Å². The van der Waals surface area contributed by atoms with E-state index >= 15 is 0 Å². The van der Waals surface area contributed by atoms with Crippen molar-refractivity contribution in [2.24, 2.45) is 0 Å². The fraction of sp³-hybridized carbons (Fsp3) is 0.100. The zero-order valence-electron chi connectivity index (χ0n) is 7.38. The number of carbonyl (C=O) groups excluding carboxylic acids is 1. The van der Waals surface area contributed by atoms with Crippen LogP contribution in [0.3, 0.4) is 0 Å². The van der Waals surface area contributed by atoms with E-state index in [1.807, 2.05) is 0 Å². The molecule has 0 aliphatic heterocycles. The maximum atomic E-state index is 13.1. The van der Waals surface area contributed by atoms with Crippen LogP contribution in [0.25, 0.3) is 5.83 Å². The monoisotopic (exact) mass is 218 g/mol. The molecular formula is C10H6F4O. The molecule has 1 rings (SSSR count). The van der Waals surface area contributed by atoms with Crippen molar-refractivity contribution in [2.45, 2.75) is 6.18 Å². The molecule has 15 heavy (non-hydrogen) atoms. The number of allylic oxidation sites excluding steroid dienone is 1. The summed E-state index contributed by atoms with van der Waals surface area (Å²) in [6, 6.07) is 7.05. The van der Waals surface area contributed by atoms with Crippen LogP contribution in [0.4, 0.5) is 17.6 Å². The molecule has 80 valence electrons. The Morgan fingerprint density at radius 3 is 2.13 bits per heavy atom. The quantitative estimate of drug-likeness (QED) is 0.550. The molecule has 0 N–H and O–H groups in total. The second kappa shape index (κ2) is 4.25. The Morgan fingerprint density at radius 2 is 1.67 bits per heavy atom. The van der Waals surface area contributed by atoms with Crippen LogP contribution in [0.15, 0.2) is 36.4 Å². The number of carbonyl (C=O) groups is 1. The van der Waals surface area contributed by atoms with Gasteiger partial charge in [0.25, 0.3) is 5.78 Å². The summed E-state index contributed by atoms with van der Waals surface area (Å²) in [6.45, 7) is 0. The van der Waals surface area contributed by atoms with Crippen LogP contribution in [-0.2, 0) is 4.79 Å². The van der Waals surface area contributed by atoms with Crippen molar-refractivity contribution in [3.63, 3.8) is 0 Å². The largest absolute Gasteiger partial charge is 0.454 e. The molecule has 0 aliphatic carbocycles. The van der Waals surface area contributed by atoms with Crippen LogP contribution >= 0.6 is 0 Å². The molecule has 0 unspecified atom stereocenters. The fourth-order valence-electron chi connectivity index (χ4n) is 0.878. The van der Waals surface area contributed by atoms with Gasteiger partial charge in [-0.3, -0.25) is 4.79 Å². The zero-order valence-corrected chi connectivity index (χ0v) is 7.38. The maximum absolute atomic E-state index is 13.1. The van der Waals surface area contributed by atoms with Crippen LogP contribution in [0, 0.1) is 0 Å². The first-order valence-corrected chi connectivity index (χ1v) is 3.95. The number of rotatable bonds is 2. The second-order valence-corrected chi connectivity index (χ2v) is 2.72. The van der Waals surface area contributed by atoms with Gasteiger partial charge < -0.3 is 0 Å². The molecule has 5 heteroatoms. The van der Waals surface area contributed by atoms with Gasteiger partial charge in [-0.2, -0.15) is 13.2 Å². The van der Waals surface area contributed by atoms with Gasteiger partial charge in [-0.05, 0) is 0 Å². The minimum absolute atomic E-state index is 0.0601. The standard InChI is InChI=1S/C10H6F4O/c11-8(6-9(15)10(12,13)14)7-4-2-1-3-5-7/h1-6H/b8-6+. The molecule has 1 aromatic rings. The minimum atomic E-state index is -5.04. The normalized spacial score (nSPS) is 12.7. The fourth-order valence-corrected chi connectivity index (χ4v) is 0.878. The molecule has 1 aromatic carbocycles. The average Bonchev–Trinajstić information content (AvgIpc) is 2.17. The van der Waals surface area contributed by atoms with E-state index in [1.165, 1.54) is 24.3 Å². The molecule has 0 radical (unpaired) electrons. The summed E-state index contributed by atoms with van der Waals surface area (Å²) in [6.07, 6.45) is -5.10. The van der Waals surface area contributed by atoms with Crippen molar-refractivity contribution in [3.05, 3.63) is 42.0 Å². The second-order valence-electron chi connectivity index (χ2n) is 2.72. The summed E-state index contributed by atoms with van der Waals surface area (Å²) in [4.78, 5) is 10.4. The predicted molar refractivity (Wildman–Crippen MR) is 46.6 cm³/mol. The molecular weight excluding hydrogens is 212 g/mol. The SMILES string of the molecule is O=C(/C=C(/F)c1ccccc1)C(F)(F)F. The van der Waals surface area contributed by atoms with Gasteiger partial charge >= 0.3 is 6.18 Å². The molecule has 0 saturated carbocycles.